The van der Waals surface area contributed by atoms with Crippen molar-refractivity contribution in [2.24, 2.45) is 0 Å². The van der Waals surface area contributed by atoms with E-state index in [1.54, 1.807) is 19.2 Å². The van der Waals surface area contributed by atoms with Crippen molar-refractivity contribution in [3.63, 3.8) is 0 Å². The quantitative estimate of drug-likeness (QED) is 0.638. The van der Waals surface area contributed by atoms with Crippen LogP contribution in [0.4, 0.5) is 0 Å². The van der Waals surface area contributed by atoms with Crippen LogP contribution in [-0.2, 0) is 4.74 Å². The molecule has 1 rings (SSSR count). The molecule has 1 aromatic rings. The SMILES string of the molecule is CCOC(=O)c1cc(C)ccn1.[N]. The Morgan fingerprint density at radius 1 is 1.62 bits per heavy atom. The van der Waals surface area contributed by atoms with Crippen molar-refractivity contribution in [2.45, 2.75) is 13.8 Å². The number of nitrogens with zero attached hydrogens (tertiary/aromatic N) is 2. The standard InChI is InChI=1S/C9H11NO2.N/c1-3-12-9(11)8-6-7(2)4-5-10-8;/h4-6H,3H2,1-2H3;. The van der Waals surface area contributed by atoms with Gasteiger partial charge in [0.2, 0.25) is 0 Å². The Morgan fingerprint density at radius 2 is 2.31 bits per heavy atom. The van der Waals surface area contributed by atoms with Crippen LogP contribution in [-0.4, -0.2) is 17.6 Å². The Labute approximate surface area is 77.5 Å². The summed E-state index contributed by atoms with van der Waals surface area (Å²) in [5.41, 5.74) is 1.38. The third kappa shape index (κ3) is 3.21. The molecule has 1 heterocycles. The summed E-state index contributed by atoms with van der Waals surface area (Å²) in [6.07, 6.45) is 1.60. The summed E-state index contributed by atoms with van der Waals surface area (Å²) in [7, 11) is 0. The van der Waals surface area contributed by atoms with E-state index in [0.29, 0.717) is 12.3 Å². The van der Waals surface area contributed by atoms with Gasteiger partial charge in [0.15, 0.2) is 0 Å². The zero-order valence-corrected chi connectivity index (χ0v) is 7.65. The molecule has 0 atom stereocenters. The van der Waals surface area contributed by atoms with E-state index in [1.807, 2.05) is 13.0 Å². The van der Waals surface area contributed by atoms with Crippen LogP contribution in [0.2, 0.25) is 0 Å². The summed E-state index contributed by atoms with van der Waals surface area (Å²) in [6.45, 7) is 4.06. The van der Waals surface area contributed by atoms with Gasteiger partial charge in [-0.1, -0.05) is 0 Å². The highest BCUT2D eigenvalue weighted by molar-refractivity contribution is 5.87. The van der Waals surface area contributed by atoms with E-state index in [0.717, 1.165) is 5.56 Å². The zero-order valence-electron chi connectivity index (χ0n) is 7.65. The molecule has 69 valence electrons. The molecule has 0 N–H and O–H groups in total. The van der Waals surface area contributed by atoms with Gasteiger partial charge in [-0.3, -0.25) is 0 Å². The molecular formula is C9H11N2O2. The molecule has 4 nitrogen and oxygen atoms in total. The Bertz CT molecular complexity index is 287. The number of pyridine rings is 1. The minimum Gasteiger partial charge on any atom is -0.461 e. The second-order valence-corrected chi connectivity index (χ2v) is 2.44. The molecule has 0 saturated heterocycles. The molecule has 13 heavy (non-hydrogen) atoms. The summed E-state index contributed by atoms with van der Waals surface area (Å²) >= 11 is 0. The fourth-order valence-corrected chi connectivity index (χ4v) is 0.853. The lowest BCUT2D eigenvalue weighted by molar-refractivity contribution is 0.0519. The van der Waals surface area contributed by atoms with Crippen molar-refractivity contribution >= 4 is 5.97 Å². The summed E-state index contributed by atoms with van der Waals surface area (Å²) in [4.78, 5) is 15.0. The molecule has 3 radical (unpaired) electrons. The van der Waals surface area contributed by atoms with Gasteiger partial charge in [-0.15, -0.1) is 0 Å². The van der Waals surface area contributed by atoms with Crippen LogP contribution in [0.1, 0.15) is 23.0 Å². The molecule has 0 aliphatic heterocycles. The number of hydrogen-bond acceptors (Lipinski definition) is 3. The fourth-order valence-electron chi connectivity index (χ4n) is 0.853. The summed E-state index contributed by atoms with van der Waals surface area (Å²) in [5, 5.41) is 0. The molecule has 0 aliphatic rings. The first kappa shape index (κ1) is 11.6. The van der Waals surface area contributed by atoms with Crippen LogP contribution in [0.5, 0.6) is 0 Å². The van der Waals surface area contributed by atoms with Crippen LogP contribution in [0.25, 0.3) is 0 Å². The molecule has 1 aromatic heterocycles. The maximum atomic E-state index is 11.1. The first-order valence-corrected chi connectivity index (χ1v) is 3.84. The molecule has 0 amide bonds. The van der Waals surface area contributed by atoms with E-state index < -0.39 is 0 Å². The lowest BCUT2D eigenvalue weighted by atomic mass is 10.2. The number of carbonyl (C=O) groups excluding carboxylic acids is 1. The van der Waals surface area contributed by atoms with Gasteiger partial charge < -0.3 is 4.74 Å². The average Bonchev–Trinajstić information content (AvgIpc) is 2.05. The van der Waals surface area contributed by atoms with Crippen LogP contribution in [0.15, 0.2) is 18.3 Å². The van der Waals surface area contributed by atoms with Gasteiger partial charge in [-0.25, -0.2) is 9.78 Å². The van der Waals surface area contributed by atoms with Crippen molar-refractivity contribution in [3.05, 3.63) is 29.6 Å². The summed E-state index contributed by atoms with van der Waals surface area (Å²) < 4.78 is 4.78. The monoisotopic (exact) mass is 179 g/mol. The number of ether oxygens (including phenoxy) is 1. The number of esters is 1. The van der Waals surface area contributed by atoms with Gasteiger partial charge in [0.05, 0.1) is 6.61 Å². The molecular weight excluding hydrogens is 168 g/mol. The Hall–Kier alpha value is -1.42. The molecule has 0 saturated carbocycles. The van der Waals surface area contributed by atoms with Crippen molar-refractivity contribution in [2.75, 3.05) is 6.61 Å². The van der Waals surface area contributed by atoms with Gasteiger partial charge in [0, 0.05) is 12.3 Å². The number of rotatable bonds is 2. The smallest absolute Gasteiger partial charge is 0.356 e. The fraction of sp³-hybridized carbons (Fsp3) is 0.333. The molecule has 0 unspecified atom stereocenters. The Morgan fingerprint density at radius 3 is 2.85 bits per heavy atom. The minimum absolute atomic E-state index is 0. The number of aryl methyl sites for hydroxylation is 1. The predicted molar refractivity (Wildman–Crippen MR) is 47.1 cm³/mol. The number of carbonyl (C=O) groups is 1. The summed E-state index contributed by atoms with van der Waals surface area (Å²) in [5.74, 6) is -0.360. The van der Waals surface area contributed by atoms with Crippen molar-refractivity contribution in [1.29, 1.82) is 0 Å². The van der Waals surface area contributed by atoms with E-state index in [9.17, 15) is 4.79 Å². The third-order valence-electron chi connectivity index (χ3n) is 1.40. The lowest BCUT2D eigenvalue weighted by Gasteiger charge is -2.00. The van der Waals surface area contributed by atoms with E-state index in [2.05, 4.69) is 4.98 Å². The third-order valence-corrected chi connectivity index (χ3v) is 1.40. The molecule has 4 heteroatoms. The maximum absolute atomic E-state index is 11.1. The van der Waals surface area contributed by atoms with Crippen LogP contribution < -0.4 is 6.15 Å². The topological polar surface area (TPSA) is 69.7 Å². The van der Waals surface area contributed by atoms with E-state index >= 15 is 0 Å². The molecule has 0 spiro atoms. The van der Waals surface area contributed by atoms with E-state index in [4.69, 9.17) is 4.74 Å². The second kappa shape index (κ2) is 5.27. The van der Waals surface area contributed by atoms with Crippen LogP contribution in [0, 0.1) is 6.92 Å². The highest BCUT2D eigenvalue weighted by Crippen LogP contribution is 2.01. The summed E-state index contributed by atoms with van der Waals surface area (Å²) in [6, 6.07) is 3.54. The Balaban J connectivity index is 0.00000144. The second-order valence-electron chi connectivity index (χ2n) is 2.44. The minimum atomic E-state index is -0.360. The van der Waals surface area contributed by atoms with Crippen molar-refractivity contribution in [3.8, 4) is 0 Å². The number of hydrogen-bond donors (Lipinski definition) is 0. The maximum Gasteiger partial charge on any atom is 0.356 e. The first-order valence-electron chi connectivity index (χ1n) is 3.84. The van der Waals surface area contributed by atoms with Crippen LogP contribution >= 0.6 is 0 Å². The predicted octanol–water partition coefficient (Wildman–Crippen LogP) is 1.09. The van der Waals surface area contributed by atoms with E-state index in [1.165, 1.54) is 0 Å². The molecule has 0 fully saturated rings. The van der Waals surface area contributed by atoms with Gasteiger partial charge in [0.25, 0.3) is 0 Å². The largest absolute Gasteiger partial charge is 0.461 e. The van der Waals surface area contributed by atoms with Crippen molar-refractivity contribution in [1.82, 2.24) is 11.1 Å². The molecule has 0 aromatic carbocycles. The van der Waals surface area contributed by atoms with Gasteiger partial charge >= 0.3 is 5.97 Å². The zero-order chi connectivity index (χ0) is 8.97. The van der Waals surface area contributed by atoms with Crippen molar-refractivity contribution < 1.29 is 9.53 Å². The molecule has 0 aliphatic carbocycles. The average molecular weight is 179 g/mol. The van der Waals surface area contributed by atoms with E-state index in [-0.39, 0.29) is 12.1 Å². The first-order chi connectivity index (χ1) is 5.74. The van der Waals surface area contributed by atoms with Crippen LogP contribution in [0.3, 0.4) is 0 Å². The van der Waals surface area contributed by atoms with Gasteiger partial charge in [-0.2, -0.15) is 0 Å². The van der Waals surface area contributed by atoms with Gasteiger partial charge in [-0.05, 0) is 31.5 Å². The highest BCUT2D eigenvalue weighted by atomic mass is 16.5. The number of aromatic nitrogens is 1. The molecule has 0 bridgehead atoms. The lowest BCUT2D eigenvalue weighted by Crippen LogP contribution is -2.06. The Kier molecular flexibility index (Phi) is 4.69. The normalized spacial score (nSPS) is 8.77. The highest BCUT2D eigenvalue weighted by Gasteiger charge is 2.06. The van der Waals surface area contributed by atoms with Gasteiger partial charge in [0.1, 0.15) is 5.69 Å².